The second-order valence-electron chi connectivity index (χ2n) is 5.71. The van der Waals surface area contributed by atoms with Crippen molar-refractivity contribution in [1.82, 2.24) is 15.3 Å². The number of aromatic nitrogens is 2. The van der Waals surface area contributed by atoms with E-state index in [-0.39, 0.29) is 5.56 Å². The predicted molar refractivity (Wildman–Crippen MR) is 94.3 cm³/mol. The lowest BCUT2D eigenvalue weighted by atomic mass is 10.0. The first-order valence-corrected chi connectivity index (χ1v) is 8.05. The largest absolute Gasteiger partial charge is 0.295 e. The number of hydrogen-bond acceptors (Lipinski definition) is 3. The van der Waals surface area contributed by atoms with Crippen LogP contribution in [0.25, 0.3) is 5.69 Å². The zero-order valence-corrected chi connectivity index (χ0v) is 13.8. The van der Waals surface area contributed by atoms with E-state index in [1.165, 1.54) is 0 Å². The molecule has 0 saturated heterocycles. The minimum atomic E-state index is -0.561. The number of rotatable bonds is 5. The Labute approximate surface area is 144 Å². The first-order valence-electron chi connectivity index (χ1n) is 8.05. The summed E-state index contributed by atoms with van der Waals surface area (Å²) in [4.78, 5) is 24.2. The molecule has 0 aliphatic heterocycles. The van der Waals surface area contributed by atoms with E-state index in [0.29, 0.717) is 17.5 Å². The molecule has 0 unspecified atom stereocenters. The average Bonchev–Trinajstić information content (AvgIpc) is 2.98. The fourth-order valence-electron chi connectivity index (χ4n) is 2.79. The second kappa shape index (κ2) is 7.19. The Balaban J connectivity index is 1.94. The Morgan fingerprint density at radius 3 is 2.40 bits per heavy atom. The molecule has 6 heteroatoms. The number of hydroxylamine groups is 1. The van der Waals surface area contributed by atoms with Crippen LogP contribution in [-0.2, 0) is 12.8 Å². The molecular formula is C19H19N3O3. The zero-order chi connectivity index (χ0) is 17.8. The van der Waals surface area contributed by atoms with E-state index in [2.05, 4.69) is 5.10 Å². The van der Waals surface area contributed by atoms with E-state index in [4.69, 9.17) is 5.21 Å². The maximum absolute atomic E-state index is 12.8. The maximum Gasteiger partial charge on any atom is 0.275 e. The molecule has 3 rings (SSSR count). The predicted octanol–water partition coefficient (Wildman–Crippen LogP) is 2.44. The topological polar surface area (TPSA) is 87.1 Å². The lowest BCUT2D eigenvalue weighted by Crippen LogP contribution is -2.18. The number of para-hydroxylation sites is 1. The molecule has 1 aromatic heterocycles. The van der Waals surface area contributed by atoms with E-state index in [0.717, 1.165) is 23.4 Å². The number of nitrogens with one attached hydrogen (secondary N) is 2. The number of benzene rings is 2. The van der Waals surface area contributed by atoms with Gasteiger partial charge in [0.1, 0.15) is 0 Å². The van der Waals surface area contributed by atoms with Crippen LogP contribution >= 0.6 is 0 Å². The van der Waals surface area contributed by atoms with Crippen molar-refractivity contribution in [3.8, 4) is 5.69 Å². The molecule has 2 aromatic carbocycles. The minimum absolute atomic E-state index is 0.0692. The molecule has 0 spiro atoms. The number of hydrogen-bond donors (Lipinski definition) is 3. The average molecular weight is 337 g/mol. The lowest BCUT2D eigenvalue weighted by Gasteiger charge is -2.03. The van der Waals surface area contributed by atoms with E-state index < -0.39 is 5.91 Å². The van der Waals surface area contributed by atoms with Crippen LogP contribution in [0, 0.1) is 0 Å². The molecule has 3 N–H and O–H groups in total. The van der Waals surface area contributed by atoms with Gasteiger partial charge in [-0.3, -0.25) is 19.9 Å². The maximum atomic E-state index is 12.8. The van der Waals surface area contributed by atoms with E-state index >= 15 is 0 Å². The molecule has 0 saturated carbocycles. The van der Waals surface area contributed by atoms with Crippen LogP contribution in [-0.4, -0.2) is 20.9 Å². The molecule has 128 valence electrons. The third-order valence-electron chi connectivity index (χ3n) is 4.14. The minimum Gasteiger partial charge on any atom is -0.295 e. The Morgan fingerprint density at radius 2 is 1.80 bits per heavy atom. The molecule has 0 aliphatic carbocycles. The van der Waals surface area contributed by atoms with Crippen molar-refractivity contribution in [1.29, 1.82) is 0 Å². The van der Waals surface area contributed by atoms with Gasteiger partial charge in [-0.25, -0.2) is 10.2 Å². The third-order valence-corrected chi connectivity index (χ3v) is 4.14. The third kappa shape index (κ3) is 3.39. The summed E-state index contributed by atoms with van der Waals surface area (Å²) in [5, 5.41) is 11.8. The van der Waals surface area contributed by atoms with Gasteiger partial charge < -0.3 is 0 Å². The van der Waals surface area contributed by atoms with Gasteiger partial charge in [0.15, 0.2) is 0 Å². The van der Waals surface area contributed by atoms with Gasteiger partial charge in [0.25, 0.3) is 11.5 Å². The van der Waals surface area contributed by atoms with Gasteiger partial charge in [-0.15, -0.1) is 0 Å². The number of nitrogens with zero attached hydrogens (tertiary/aromatic N) is 1. The standard InChI is InChI=1S/C19H19N3O3/c1-2-17-16(12-13-8-10-14(11-9-13)18(23)21-25)19(24)22(20-17)15-6-4-3-5-7-15/h3-11,20,25H,2,12H2,1H3,(H,21,23). The summed E-state index contributed by atoms with van der Waals surface area (Å²) in [6.45, 7) is 2.00. The zero-order valence-electron chi connectivity index (χ0n) is 13.8. The summed E-state index contributed by atoms with van der Waals surface area (Å²) in [7, 11) is 0. The number of carbonyl (C=O) groups is 1. The van der Waals surface area contributed by atoms with Crippen LogP contribution in [0.4, 0.5) is 0 Å². The smallest absolute Gasteiger partial charge is 0.275 e. The monoisotopic (exact) mass is 337 g/mol. The van der Waals surface area contributed by atoms with Gasteiger partial charge in [-0.1, -0.05) is 37.3 Å². The normalized spacial score (nSPS) is 10.6. The van der Waals surface area contributed by atoms with E-state index in [9.17, 15) is 9.59 Å². The fourth-order valence-corrected chi connectivity index (χ4v) is 2.79. The highest BCUT2D eigenvalue weighted by atomic mass is 16.5. The summed E-state index contributed by atoms with van der Waals surface area (Å²) in [6.07, 6.45) is 1.19. The van der Waals surface area contributed by atoms with Crippen molar-refractivity contribution < 1.29 is 10.0 Å². The fraction of sp³-hybridized carbons (Fsp3) is 0.158. The van der Waals surface area contributed by atoms with Gasteiger partial charge in [0, 0.05) is 23.2 Å². The van der Waals surface area contributed by atoms with Crippen molar-refractivity contribution in [2.75, 3.05) is 0 Å². The van der Waals surface area contributed by atoms with Crippen molar-refractivity contribution in [3.63, 3.8) is 0 Å². The molecule has 25 heavy (non-hydrogen) atoms. The second-order valence-corrected chi connectivity index (χ2v) is 5.71. The summed E-state index contributed by atoms with van der Waals surface area (Å²) in [5.74, 6) is -0.561. The number of H-pyrrole nitrogens is 1. The summed E-state index contributed by atoms with van der Waals surface area (Å²) >= 11 is 0. The van der Waals surface area contributed by atoms with E-state index in [1.54, 1.807) is 34.4 Å². The first kappa shape index (κ1) is 16.7. The van der Waals surface area contributed by atoms with Crippen molar-refractivity contribution >= 4 is 5.91 Å². The number of carbonyl (C=O) groups excluding carboxylic acids is 1. The lowest BCUT2D eigenvalue weighted by molar-refractivity contribution is 0.0706. The Kier molecular flexibility index (Phi) is 4.81. The van der Waals surface area contributed by atoms with E-state index in [1.807, 2.05) is 37.3 Å². The molecule has 3 aromatic rings. The highest BCUT2D eigenvalue weighted by molar-refractivity contribution is 5.93. The molecule has 0 radical (unpaired) electrons. The highest BCUT2D eigenvalue weighted by Crippen LogP contribution is 2.14. The molecule has 0 fully saturated rings. The molecule has 0 atom stereocenters. The van der Waals surface area contributed by atoms with Crippen molar-refractivity contribution in [3.05, 3.63) is 87.3 Å². The molecule has 6 nitrogen and oxygen atoms in total. The van der Waals surface area contributed by atoms with Gasteiger partial charge in [-0.05, 0) is 36.2 Å². The van der Waals surface area contributed by atoms with Crippen LogP contribution in [0.15, 0.2) is 59.4 Å². The summed E-state index contributed by atoms with van der Waals surface area (Å²) in [5.41, 5.74) is 5.21. The quantitative estimate of drug-likeness (QED) is 0.494. The van der Waals surface area contributed by atoms with Gasteiger partial charge in [0.05, 0.1) is 5.69 Å². The van der Waals surface area contributed by atoms with Crippen LogP contribution in [0.1, 0.15) is 34.1 Å². The molecule has 1 heterocycles. The molecular weight excluding hydrogens is 318 g/mol. The number of amides is 1. The Hall–Kier alpha value is -3.12. The SMILES string of the molecule is CCc1[nH]n(-c2ccccc2)c(=O)c1Cc1ccc(C(=O)NO)cc1. The van der Waals surface area contributed by atoms with Gasteiger partial charge in [0.2, 0.25) is 0 Å². The summed E-state index contributed by atoms with van der Waals surface area (Å²) < 4.78 is 1.56. The van der Waals surface area contributed by atoms with Crippen LogP contribution in [0.5, 0.6) is 0 Å². The first-order chi connectivity index (χ1) is 12.1. The Bertz CT molecular complexity index is 925. The van der Waals surface area contributed by atoms with Crippen molar-refractivity contribution in [2.24, 2.45) is 0 Å². The van der Waals surface area contributed by atoms with Crippen LogP contribution < -0.4 is 11.0 Å². The number of aryl methyl sites for hydroxylation is 1. The highest BCUT2D eigenvalue weighted by Gasteiger charge is 2.15. The summed E-state index contributed by atoms with van der Waals surface area (Å²) in [6, 6.07) is 16.2. The van der Waals surface area contributed by atoms with Gasteiger partial charge in [-0.2, -0.15) is 0 Å². The number of aromatic amines is 1. The van der Waals surface area contributed by atoms with Crippen molar-refractivity contribution in [2.45, 2.75) is 19.8 Å². The molecule has 0 bridgehead atoms. The van der Waals surface area contributed by atoms with Gasteiger partial charge >= 0.3 is 0 Å². The Morgan fingerprint density at radius 1 is 1.12 bits per heavy atom. The van der Waals surface area contributed by atoms with Crippen LogP contribution in [0.2, 0.25) is 0 Å². The molecule has 0 aliphatic rings. The molecule has 1 amide bonds. The van der Waals surface area contributed by atoms with Crippen LogP contribution in [0.3, 0.4) is 0 Å².